The third-order valence-corrected chi connectivity index (χ3v) is 3.10. The molecule has 0 aliphatic rings. The van der Waals surface area contributed by atoms with E-state index >= 15 is 0 Å². The molecule has 5 heteroatoms. The normalized spacial score (nSPS) is 11.0. The minimum atomic E-state index is -1.04. The van der Waals surface area contributed by atoms with E-state index in [1.165, 1.54) is 10.5 Å². The number of rotatable bonds is 6. The second-order valence-corrected chi connectivity index (χ2v) is 5.83. The Bertz CT molecular complexity index is 488. The lowest BCUT2D eigenvalue weighted by Gasteiger charge is -2.34. The highest BCUT2D eigenvalue weighted by molar-refractivity contribution is 5.83. The van der Waals surface area contributed by atoms with Gasteiger partial charge in [-0.05, 0) is 44.9 Å². The average Bonchev–Trinajstić information content (AvgIpc) is 2.41. The first kappa shape index (κ1) is 17.0. The van der Waals surface area contributed by atoms with Gasteiger partial charge in [-0.1, -0.05) is 19.1 Å². The van der Waals surface area contributed by atoms with E-state index in [-0.39, 0.29) is 19.1 Å². The Morgan fingerprint density at radius 1 is 1.19 bits per heavy atom. The summed E-state index contributed by atoms with van der Waals surface area (Å²) < 4.78 is 5.44. The minimum Gasteiger partial charge on any atom is -0.484 e. The van der Waals surface area contributed by atoms with E-state index in [1.807, 2.05) is 24.3 Å². The number of carbonyl (C=O) groups is 2. The lowest BCUT2D eigenvalue weighted by atomic mass is 10.1. The summed E-state index contributed by atoms with van der Waals surface area (Å²) in [6.45, 7) is 6.95. The van der Waals surface area contributed by atoms with Crippen molar-refractivity contribution in [3.8, 4) is 5.75 Å². The molecule has 0 heterocycles. The Balaban J connectivity index is 2.66. The number of amides is 1. The lowest BCUT2D eigenvalue weighted by molar-refractivity contribution is -0.149. The molecule has 1 aromatic carbocycles. The molecule has 5 nitrogen and oxygen atoms in total. The van der Waals surface area contributed by atoms with E-state index in [9.17, 15) is 9.59 Å². The van der Waals surface area contributed by atoms with E-state index in [1.54, 1.807) is 20.8 Å². The number of aliphatic carboxylic acids is 1. The zero-order valence-corrected chi connectivity index (χ0v) is 13.0. The van der Waals surface area contributed by atoms with Gasteiger partial charge in [-0.2, -0.15) is 0 Å². The van der Waals surface area contributed by atoms with Crippen LogP contribution in [0.5, 0.6) is 5.75 Å². The van der Waals surface area contributed by atoms with Gasteiger partial charge >= 0.3 is 5.97 Å². The highest BCUT2D eigenvalue weighted by Gasteiger charge is 2.28. The molecule has 0 aromatic heterocycles. The van der Waals surface area contributed by atoms with Crippen molar-refractivity contribution < 1.29 is 19.4 Å². The maximum Gasteiger partial charge on any atom is 0.323 e. The van der Waals surface area contributed by atoms with Crippen molar-refractivity contribution >= 4 is 11.9 Å². The third kappa shape index (κ3) is 5.45. The Hall–Kier alpha value is -2.04. The van der Waals surface area contributed by atoms with Crippen LogP contribution in [-0.4, -0.2) is 40.6 Å². The molecule has 0 bridgehead atoms. The quantitative estimate of drug-likeness (QED) is 0.874. The molecule has 116 valence electrons. The summed E-state index contributed by atoms with van der Waals surface area (Å²) in [7, 11) is 0. The van der Waals surface area contributed by atoms with Crippen LogP contribution in [0.1, 0.15) is 33.3 Å². The van der Waals surface area contributed by atoms with Gasteiger partial charge in [0, 0.05) is 5.54 Å². The maximum atomic E-state index is 12.2. The summed E-state index contributed by atoms with van der Waals surface area (Å²) in [5, 5.41) is 8.90. The molecule has 0 spiro atoms. The van der Waals surface area contributed by atoms with Crippen LogP contribution in [0.25, 0.3) is 0 Å². The molecule has 0 fully saturated rings. The van der Waals surface area contributed by atoms with Gasteiger partial charge in [0.2, 0.25) is 0 Å². The van der Waals surface area contributed by atoms with Crippen molar-refractivity contribution in [2.24, 2.45) is 0 Å². The van der Waals surface area contributed by atoms with Crippen LogP contribution >= 0.6 is 0 Å². The number of ether oxygens (including phenoxy) is 1. The summed E-state index contributed by atoms with van der Waals surface area (Å²) >= 11 is 0. The van der Waals surface area contributed by atoms with E-state index < -0.39 is 11.5 Å². The van der Waals surface area contributed by atoms with Crippen LogP contribution in [0.2, 0.25) is 0 Å². The molecule has 0 radical (unpaired) electrons. The second-order valence-electron chi connectivity index (χ2n) is 5.83. The molecule has 0 saturated carbocycles. The van der Waals surface area contributed by atoms with Gasteiger partial charge in [-0.25, -0.2) is 0 Å². The van der Waals surface area contributed by atoms with E-state index in [2.05, 4.69) is 6.92 Å². The molecule has 0 unspecified atom stereocenters. The fraction of sp³-hybridized carbons (Fsp3) is 0.500. The summed E-state index contributed by atoms with van der Waals surface area (Å²) in [5.74, 6) is -0.778. The molecule has 1 amide bonds. The van der Waals surface area contributed by atoms with Crippen molar-refractivity contribution in [1.82, 2.24) is 4.90 Å². The average molecular weight is 293 g/mol. The van der Waals surface area contributed by atoms with Gasteiger partial charge in [0.1, 0.15) is 12.3 Å². The van der Waals surface area contributed by atoms with Crippen molar-refractivity contribution in [2.45, 2.75) is 39.7 Å². The van der Waals surface area contributed by atoms with Crippen LogP contribution in [0.3, 0.4) is 0 Å². The van der Waals surface area contributed by atoms with E-state index in [4.69, 9.17) is 9.84 Å². The molecule has 1 rings (SSSR count). The Morgan fingerprint density at radius 2 is 1.76 bits per heavy atom. The first-order chi connectivity index (χ1) is 9.74. The summed E-state index contributed by atoms with van der Waals surface area (Å²) in [4.78, 5) is 24.3. The lowest BCUT2D eigenvalue weighted by Crippen LogP contribution is -2.50. The predicted octanol–water partition coefficient (Wildman–Crippen LogP) is 2.34. The smallest absolute Gasteiger partial charge is 0.323 e. The Labute approximate surface area is 125 Å². The largest absolute Gasteiger partial charge is 0.484 e. The number of nitrogens with zero attached hydrogens (tertiary/aromatic N) is 1. The fourth-order valence-electron chi connectivity index (χ4n) is 1.88. The van der Waals surface area contributed by atoms with Crippen LogP contribution in [-0.2, 0) is 16.0 Å². The summed E-state index contributed by atoms with van der Waals surface area (Å²) in [5.41, 5.74) is 0.626. The summed E-state index contributed by atoms with van der Waals surface area (Å²) in [6.07, 6.45) is 0.940. The zero-order valence-electron chi connectivity index (χ0n) is 13.0. The van der Waals surface area contributed by atoms with Crippen molar-refractivity contribution in [3.05, 3.63) is 29.8 Å². The third-order valence-electron chi connectivity index (χ3n) is 3.10. The van der Waals surface area contributed by atoms with Crippen LogP contribution in [0, 0.1) is 0 Å². The Kier molecular flexibility index (Phi) is 5.76. The molecule has 0 aliphatic heterocycles. The topological polar surface area (TPSA) is 66.8 Å². The van der Waals surface area contributed by atoms with Crippen molar-refractivity contribution in [3.63, 3.8) is 0 Å². The number of carbonyl (C=O) groups excluding carboxylic acids is 1. The number of aryl methyl sites for hydroxylation is 1. The number of carboxylic acids is 1. The number of hydrogen-bond acceptors (Lipinski definition) is 3. The van der Waals surface area contributed by atoms with Crippen LogP contribution < -0.4 is 4.74 Å². The monoisotopic (exact) mass is 293 g/mol. The standard InChI is InChI=1S/C16H23NO4/c1-5-12-6-8-13(9-7-12)21-11-14(18)17(10-15(19)20)16(2,3)4/h6-9H,5,10-11H2,1-4H3,(H,19,20). The van der Waals surface area contributed by atoms with E-state index in [0.29, 0.717) is 5.75 Å². The molecular formula is C16H23NO4. The molecule has 1 N–H and O–H groups in total. The van der Waals surface area contributed by atoms with Gasteiger partial charge in [-0.15, -0.1) is 0 Å². The number of benzene rings is 1. The fourth-order valence-corrected chi connectivity index (χ4v) is 1.88. The van der Waals surface area contributed by atoms with Crippen molar-refractivity contribution in [1.29, 1.82) is 0 Å². The molecule has 21 heavy (non-hydrogen) atoms. The maximum absolute atomic E-state index is 12.2. The SMILES string of the molecule is CCc1ccc(OCC(=O)N(CC(=O)O)C(C)(C)C)cc1. The van der Waals surface area contributed by atoms with Gasteiger partial charge in [0.15, 0.2) is 6.61 Å². The first-order valence-electron chi connectivity index (χ1n) is 6.98. The molecule has 0 atom stereocenters. The van der Waals surface area contributed by atoms with E-state index in [0.717, 1.165) is 6.42 Å². The van der Waals surface area contributed by atoms with Gasteiger partial charge in [0.05, 0.1) is 0 Å². The molecule has 1 aromatic rings. The van der Waals surface area contributed by atoms with Crippen LogP contribution in [0.4, 0.5) is 0 Å². The Morgan fingerprint density at radius 3 is 2.19 bits per heavy atom. The highest BCUT2D eigenvalue weighted by atomic mass is 16.5. The predicted molar refractivity (Wildman–Crippen MR) is 80.4 cm³/mol. The highest BCUT2D eigenvalue weighted by Crippen LogP contribution is 2.15. The summed E-state index contributed by atoms with van der Waals surface area (Å²) in [6, 6.07) is 7.51. The molecule has 0 saturated heterocycles. The molecule has 0 aliphatic carbocycles. The van der Waals surface area contributed by atoms with Crippen LogP contribution in [0.15, 0.2) is 24.3 Å². The van der Waals surface area contributed by atoms with Crippen molar-refractivity contribution in [2.75, 3.05) is 13.2 Å². The zero-order chi connectivity index (χ0) is 16.0. The van der Waals surface area contributed by atoms with Gasteiger partial charge in [-0.3, -0.25) is 9.59 Å². The molecular weight excluding hydrogens is 270 g/mol. The van der Waals surface area contributed by atoms with Gasteiger partial charge in [0.25, 0.3) is 5.91 Å². The van der Waals surface area contributed by atoms with Gasteiger partial charge < -0.3 is 14.7 Å². The second kappa shape index (κ2) is 7.11. The number of hydrogen-bond donors (Lipinski definition) is 1. The first-order valence-corrected chi connectivity index (χ1v) is 6.98. The number of carboxylic acid groups (broad SMARTS) is 1. The minimum absolute atomic E-state index is 0.171.